The van der Waals surface area contributed by atoms with Crippen LogP contribution in [0.1, 0.15) is 27.2 Å². The van der Waals surface area contributed by atoms with E-state index in [-0.39, 0.29) is 17.4 Å². The summed E-state index contributed by atoms with van der Waals surface area (Å²) in [6.07, 6.45) is 0.751. The summed E-state index contributed by atoms with van der Waals surface area (Å²) in [5.41, 5.74) is 1.06. The van der Waals surface area contributed by atoms with Crippen molar-refractivity contribution in [3.8, 4) is 11.5 Å². The van der Waals surface area contributed by atoms with Gasteiger partial charge in [0.05, 0.1) is 26.2 Å². The smallest absolute Gasteiger partial charge is 0.175 e. The van der Waals surface area contributed by atoms with Crippen LogP contribution < -0.4 is 9.47 Å². The second kappa shape index (κ2) is 5.84. The molecule has 0 amide bonds. The summed E-state index contributed by atoms with van der Waals surface area (Å²) in [6.45, 7) is 11.8. The van der Waals surface area contributed by atoms with Gasteiger partial charge in [0.15, 0.2) is 5.79 Å². The predicted octanol–water partition coefficient (Wildman–Crippen LogP) is 3.81. The maximum absolute atomic E-state index is 6.16. The maximum atomic E-state index is 6.16. The second-order valence-corrected chi connectivity index (χ2v) is 7.42. The molecule has 1 spiro atoms. The van der Waals surface area contributed by atoms with Crippen molar-refractivity contribution in [3.63, 3.8) is 0 Å². The van der Waals surface area contributed by atoms with Gasteiger partial charge >= 0.3 is 0 Å². The van der Waals surface area contributed by atoms with E-state index in [2.05, 4.69) is 20.4 Å². The standard InChI is InChI=1S/C19H26O4/c1-13(2)17(23-15-8-6-14(20-5)7-9-15)16-10-19(16)21-11-18(3,4)12-22-19/h6-9,16-17H,1,10-12H2,2-5H3/t16-,17-/m0/s1. The lowest BCUT2D eigenvalue weighted by atomic mass is 9.95. The highest BCUT2D eigenvalue weighted by Crippen LogP contribution is 2.55. The molecule has 1 aliphatic carbocycles. The summed E-state index contributed by atoms with van der Waals surface area (Å²) in [4.78, 5) is 0. The SMILES string of the molecule is C=C(C)[C@H](Oc1ccc(OC)cc1)[C@@H]1CC12OCC(C)(C)CO2. The van der Waals surface area contributed by atoms with Crippen molar-refractivity contribution in [1.29, 1.82) is 0 Å². The van der Waals surface area contributed by atoms with Crippen molar-refractivity contribution >= 4 is 0 Å². The first kappa shape index (κ1) is 16.3. The molecule has 1 aromatic carbocycles. The van der Waals surface area contributed by atoms with Crippen LogP contribution in [0.5, 0.6) is 11.5 Å². The van der Waals surface area contributed by atoms with E-state index in [4.69, 9.17) is 18.9 Å². The lowest BCUT2D eigenvalue weighted by Gasteiger charge is -2.36. The molecule has 2 atom stereocenters. The number of hydrogen-bond acceptors (Lipinski definition) is 4. The van der Waals surface area contributed by atoms with Gasteiger partial charge in [-0.05, 0) is 36.8 Å². The molecule has 126 valence electrons. The molecule has 1 aliphatic heterocycles. The normalized spacial score (nSPS) is 25.7. The van der Waals surface area contributed by atoms with Gasteiger partial charge in [0.25, 0.3) is 0 Å². The topological polar surface area (TPSA) is 36.9 Å². The van der Waals surface area contributed by atoms with E-state index in [1.807, 2.05) is 31.2 Å². The second-order valence-electron chi connectivity index (χ2n) is 7.42. The minimum atomic E-state index is -0.481. The van der Waals surface area contributed by atoms with Crippen molar-refractivity contribution in [2.24, 2.45) is 11.3 Å². The van der Waals surface area contributed by atoms with Crippen molar-refractivity contribution < 1.29 is 18.9 Å². The average Bonchev–Trinajstić information content (AvgIpc) is 3.22. The van der Waals surface area contributed by atoms with E-state index in [1.54, 1.807) is 7.11 Å². The van der Waals surface area contributed by atoms with Gasteiger partial charge in [-0.1, -0.05) is 20.4 Å². The summed E-state index contributed by atoms with van der Waals surface area (Å²) in [5, 5.41) is 0. The summed E-state index contributed by atoms with van der Waals surface area (Å²) in [6, 6.07) is 7.61. The minimum absolute atomic E-state index is 0.0773. The molecule has 0 N–H and O–H groups in total. The number of ether oxygens (including phenoxy) is 4. The van der Waals surface area contributed by atoms with Gasteiger partial charge < -0.3 is 18.9 Å². The van der Waals surface area contributed by atoms with Gasteiger partial charge in [-0.2, -0.15) is 0 Å². The van der Waals surface area contributed by atoms with Gasteiger partial charge in [-0.3, -0.25) is 0 Å². The van der Waals surface area contributed by atoms with Crippen molar-refractivity contribution in [1.82, 2.24) is 0 Å². The molecule has 1 heterocycles. The lowest BCUT2D eigenvalue weighted by Crippen LogP contribution is -2.42. The van der Waals surface area contributed by atoms with Crippen LogP contribution in [0.25, 0.3) is 0 Å². The molecule has 3 rings (SSSR count). The molecule has 4 heteroatoms. The van der Waals surface area contributed by atoms with E-state index in [1.165, 1.54) is 0 Å². The van der Waals surface area contributed by atoms with Crippen LogP contribution in [0, 0.1) is 11.3 Å². The first-order valence-corrected chi connectivity index (χ1v) is 8.09. The summed E-state index contributed by atoms with van der Waals surface area (Å²) < 4.78 is 23.4. The maximum Gasteiger partial charge on any atom is 0.175 e. The van der Waals surface area contributed by atoms with Crippen molar-refractivity contribution in [3.05, 3.63) is 36.4 Å². The molecule has 0 radical (unpaired) electrons. The Kier molecular flexibility index (Phi) is 4.15. The van der Waals surface area contributed by atoms with Crippen molar-refractivity contribution in [2.45, 2.75) is 39.1 Å². The summed E-state index contributed by atoms with van der Waals surface area (Å²) in [5.74, 6) is 1.33. The van der Waals surface area contributed by atoms with E-state index in [0.29, 0.717) is 0 Å². The molecular weight excluding hydrogens is 292 g/mol. The van der Waals surface area contributed by atoms with Crippen LogP contribution in [0.4, 0.5) is 0 Å². The Bertz CT molecular complexity index is 566. The molecule has 23 heavy (non-hydrogen) atoms. The molecule has 0 bridgehead atoms. The van der Waals surface area contributed by atoms with Gasteiger partial charge in [-0.15, -0.1) is 0 Å². The summed E-state index contributed by atoms with van der Waals surface area (Å²) >= 11 is 0. The zero-order valence-corrected chi connectivity index (χ0v) is 14.4. The fraction of sp³-hybridized carbons (Fsp3) is 0.579. The van der Waals surface area contributed by atoms with E-state index in [9.17, 15) is 0 Å². The molecule has 0 unspecified atom stereocenters. The number of rotatable bonds is 5. The van der Waals surface area contributed by atoms with Crippen LogP contribution >= 0.6 is 0 Å². The number of methoxy groups -OCH3 is 1. The van der Waals surface area contributed by atoms with E-state index in [0.717, 1.165) is 36.7 Å². The molecule has 0 aromatic heterocycles. The Morgan fingerprint density at radius 3 is 2.26 bits per heavy atom. The first-order valence-electron chi connectivity index (χ1n) is 8.09. The zero-order chi connectivity index (χ0) is 16.7. The molecule has 1 saturated heterocycles. The van der Waals surface area contributed by atoms with Crippen LogP contribution in [0.3, 0.4) is 0 Å². The van der Waals surface area contributed by atoms with Gasteiger partial charge in [-0.25, -0.2) is 0 Å². The highest BCUT2D eigenvalue weighted by atomic mass is 16.7. The summed E-state index contributed by atoms with van der Waals surface area (Å²) in [7, 11) is 1.65. The Balaban J connectivity index is 1.67. The Labute approximate surface area is 138 Å². The van der Waals surface area contributed by atoms with Crippen LogP contribution in [-0.2, 0) is 9.47 Å². The highest BCUT2D eigenvalue weighted by Gasteiger charge is 2.64. The molecule has 2 fully saturated rings. The third-order valence-corrected chi connectivity index (χ3v) is 4.50. The molecule has 1 aromatic rings. The Hall–Kier alpha value is -1.52. The van der Waals surface area contributed by atoms with E-state index < -0.39 is 5.79 Å². The zero-order valence-electron chi connectivity index (χ0n) is 14.4. The third-order valence-electron chi connectivity index (χ3n) is 4.50. The third kappa shape index (κ3) is 3.38. The predicted molar refractivity (Wildman–Crippen MR) is 88.7 cm³/mol. The lowest BCUT2D eigenvalue weighted by molar-refractivity contribution is -0.253. The molecule has 1 saturated carbocycles. The molecular formula is C19H26O4. The number of hydrogen-bond donors (Lipinski definition) is 0. The fourth-order valence-electron chi connectivity index (χ4n) is 2.96. The van der Waals surface area contributed by atoms with Crippen LogP contribution in [0.15, 0.2) is 36.4 Å². The van der Waals surface area contributed by atoms with E-state index >= 15 is 0 Å². The largest absolute Gasteiger partial charge is 0.497 e. The van der Waals surface area contributed by atoms with Crippen LogP contribution in [0.2, 0.25) is 0 Å². The Morgan fingerprint density at radius 1 is 1.17 bits per heavy atom. The molecule has 4 nitrogen and oxygen atoms in total. The van der Waals surface area contributed by atoms with Gasteiger partial charge in [0, 0.05) is 11.8 Å². The monoisotopic (exact) mass is 318 g/mol. The first-order chi connectivity index (χ1) is 10.9. The van der Waals surface area contributed by atoms with Gasteiger partial charge in [0.1, 0.15) is 17.6 Å². The highest BCUT2D eigenvalue weighted by molar-refractivity contribution is 5.32. The molecule has 2 aliphatic rings. The quantitative estimate of drug-likeness (QED) is 0.774. The van der Waals surface area contributed by atoms with Crippen molar-refractivity contribution in [2.75, 3.05) is 20.3 Å². The number of benzene rings is 1. The fourth-order valence-corrected chi connectivity index (χ4v) is 2.96. The van der Waals surface area contributed by atoms with Gasteiger partial charge in [0.2, 0.25) is 0 Å². The average molecular weight is 318 g/mol. The Morgan fingerprint density at radius 2 is 1.74 bits per heavy atom. The van der Waals surface area contributed by atoms with Crippen LogP contribution in [-0.4, -0.2) is 32.2 Å². The minimum Gasteiger partial charge on any atom is -0.497 e.